The molecule has 0 aromatic carbocycles. The summed E-state index contributed by atoms with van der Waals surface area (Å²) < 4.78 is 5.90. The zero-order chi connectivity index (χ0) is 34.2. The number of nitrogens with zero attached hydrogens (tertiary/aromatic N) is 9. The lowest BCUT2D eigenvalue weighted by molar-refractivity contribution is 0.315. The van der Waals surface area contributed by atoms with Crippen LogP contribution < -0.4 is 0 Å². The first-order valence-electron chi connectivity index (χ1n) is 15.6. The average molecular weight is 600 g/mol. The van der Waals surface area contributed by atoms with Gasteiger partial charge < -0.3 is 0 Å². The highest BCUT2D eigenvalue weighted by atomic mass is 15.5. The van der Waals surface area contributed by atoms with Crippen LogP contribution in [0.1, 0.15) is 168 Å². The minimum atomic E-state index is -0.0287. The van der Waals surface area contributed by atoms with E-state index in [1.54, 1.807) is 0 Å². The molecule has 0 aliphatic rings. The molecule has 3 aromatic rings. The second-order valence-corrected chi connectivity index (χ2v) is 18.8. The minimum absolute atomic E-state index is 0.0243. The molecule has 0 spiro atoms. The van der Waals surface area contributed by atoms with Crippen molar-refractivity contribution in [3.05, 3.63) is 35.2 Å². The van der Waals surface area contributed by atoms with E-state index >= 15 is 0 Å². The van der Waals surface area contributed by atoms with Crippen LogP contribution in [0, 0.1) is 0 Å². The Balaban J connectivity index is 0.000000327. The predicted octanol–water partition coefficient (Wildman–Crippen LogP) is 8.29. The third kappa shape index (κ3) is 11.1. The molecule has 0 aliphatic carbocycles. The molecule has 0 bridgehead atoms. The van der Waals surface area contributed by atoms with Gasteiger partial charge in [0.2, 0.25) is 0 Å². The van der Waals surface area contributed by atoms with Crippen molar-refractivity contribution < 1.29 is 0 Å². The van der Waals surface area contributed by atoms with E-state index in [1.807, 2.05) is 21.8 Å². The highest BCUT2D eigenvalue weighted by Crippen LogP contribution is 2.34. The van der Waals surface area contributed by atoms with Crippen LogP contribution in [-0.2, 0) is 38.3 Å². The average Bonchev–Trinajstić information content (AvgIpc) is 3.50. The molecule has 3 heterocycles. The lowest BCUT2D eigenvalue weighted by atomic mass is 9.81. The van der Waals surface area contributed by atoms with E-state index in [-0.39, 0.29) is 38.3 Å². The van der Waals surface area contributed by atoms with Gasteiger partial charge in [-0.15, -0.1) is 15.3 Å². The van der Waals surface area contributed by atoms with E-state index in [9.17, 15) is 0 Å². The summed E-state index contributed by atoms with van der Waals surface area (Å²) in [6.07, 6.45) is 4.06. The van der Waals surface area contributed by atoms with E-state index in [1.165, 1.54) is 5.69 Å². The number of hydrogen-bond donors (Lipinski definition) is 0. The number of hydrogen-bond acceptors (Lipinski definition) is 6. The monoisotopic (exact) mass is 600 g/mol. The quantitative estimate of drug-likeness (QED) is 0.258. The fourth-order valence-corrected chi connectivity index (χ4v) is 3.80. The molecule has 0 fully saturated rings. The van der Waals surface area contributed by atoms with Gasteiger partial charge >= 0.3 is 0 Å². The summed E-state index contributed by atoms with van der Waals surface area (Å²) in [6, 6.07) is 0. The minimum Gasteiger partial charge on any atom is -0.247 e. The Hall–Kier alpha value is -2.58. The lowest BCUT2D eigenvalue weighted by Crippen LogP contribution is -2.32. The van der Waals surface area contributed by atoms with E-state index in [0.29, 0.717) is 0 Å². The van der Waals surface area contributed by atoms with E-state index < -0.39 is 0 Å². The maximum Gasteiger partial charge on any atom is 0.0918 e. The first-order valence-corrected chi connectivity index (χ1v) is 15.6. The van der Waals surface area contributed by atoms with E-state index in [2.05, 4.69) is 181 Å². The van der Waals surface area contributed by atoms with Crippen LogP contribution in [0.3, 0.4) is 0 Å². The number of aromatic nitrogens is 9. The second kappa shape index (κ2) is 12.4. The Bertz CT molecular complexity index is 1140. The second-order valence-electron chi connectivity index (χ2n) is 18.8. The summed E-state index contributed by atoms with van der Waals surface area (Å²) >= 11 is 0. The molecule has 0 radical (unpaired) electrons. The summed E-state index contributed by atoms with van der Waals surface area (Å²) in [7, 11) is 0. The van der Waals surface area contributed by atoms with Crippen molar-refractivity contribution in [3.63, 3.8) is 0 Å². The zero-order valence-corrected chi connectivity index (χ0v) is 31.7. The molecule has 0 N–H and O–H groups in total. The van der Waals surface area contributed by atoms with Crippen LogP contribution in [0.4, 0.5) is 0 Å². The fraction of sp³-hybridized carbons (Fsp3) is 0.824. The Morgan fingerprint density at radius 2 is 0.744 bits per heavy atom. The van der Waals surface area contributed by atoms with Gasteiger partial charge in [0, 0.05) is 34.1 Å². The van der Waals surface area contributed by atoms with Crippen molar-refractivity contribution in [2.45, 2.75) is 184 Å². The van der Waals surface area contributed by atoms with Crippen LogP contribution in [0.25, 0.3) is 0 Å². The molecule has 0 atom stereocenters. The highest BCUT2D eigenvalue weighted by Gasteiger charge is 2.34. The van der Waals surface area contributed by atoms with Gasteiger partial charge in [-0.1, -0.05) is 98.7 Å². The lowest BCUT2D eigenvalue weighted by Gasteiger charge is -2.30. The van der Waals surface area contributed by atoms with Crippen LogP contribution in [0.5, 0.6) is 0 Å². The maximum atomic E-state index is 4.43. The fourth-order valence-electron chi connectivity index (χ4n) is 3.80. The standard InChI is InChI=1S/C14H27N3.2C10H19N3/c1-12(2,3)10-11(13(4,5)6)17(16-15-10)14(7,8)9;2*1-9(2,3)8-7-13(12-11-8)10(4,5)6/h1-9H3;2*7H,1-6H3. The van der Waals surface area contributed by atoms with Crippen LogP contribution in [0.15, 0.2) is 12.4 Å². The molecule has 43 heavy (non-hydrogen) atoms. The van der Waals surface area contributed by atoms with Gasteiger partial charge in [-0.3, -0.25) is 0 Å². The van der Waals surface area contributed by atoms with Gasteiger partial charge in [0.05, 0.1) is 39.4 Å². The van der Waals surface area contributed by atoms with Crippen molar-refractivity contribution in [3.8, 4) is 0 Å². The SMILES string of the molecule is CC(C)(C)c1cn(C(C)(C)C)nn1.CC(C)(C)c1cn(C(C)(C)C)nn1.CC(C)(C)c1nnn(C(C)(C)C)c1C(C)(C)C. The van der Waals surface area contributed by atoms with Crippen molar-refractivity contribution >= 4 is 0 Å². The Kier molecular flexibility index (Phi) is 11.1. The third-order valence-corrected chi connectivity index (χ3v) is 6.62. The van der Waals surface area contributed by atoms with Crippen LogP contribution in [0.2, 0.25) is 0 Å². The number of rotatable bonds is 0. The summed E-state index contributed by atoms with van der Waals surface area (Å²) in [5.74, 6) is 0. The summed E-state index contributed by atoms with van der Waals surface area (Å²) in [5.41, 5.74) is 4.73. The van der Waals surface area contributed by atoms with Gasteiger partial charge in [-0.05, 0) is 62.3 Å². The van der Waals surface area contributed by atoms with Crippen molar-refractivity contribution in [1.29, 1.82) is 0 Å². The molecule has 0 aliphatic heterocycles. The molecule has 3 rings (SSSR count). The maximum absolute atomic E-state index is 4.43. The van der Waals surface area contributed by atoms with Crippen LogP contribution in [-0.4, -0.2) is 45.0 Å². The molecule has 0 unspecified atom stereocenters. The molecule has 3 aromatic heterocycles. The Labute approximate surface area is 263 Å². The van der Waals surface area contributed by atoms with E-state index in [4.69, 9.17) is 0 Å². The molecule has 0 saturated carbocycles. The summed E-state index contributed by atoms with van der Waals surface area (Å²) in [4.78, 5) is 0. The topological polar surface area (TPSA) is 92.1 Å². The summed E-state index contributed by atoms with van der Waals surface area (Å²) in [6.45, 7) is 45.3. The summed E-state index contributed by atoms with van der Waals surface area (Å²) in [5, 5.41) is 25.4. The molecule has 9 heteroatoms. The third-order valence-electron chi connectivity index (χ3n) is 6.62. The zero-order valence-electron chi connectivity index (χ0n) is 31.7. The van der Waals surface area contributed by atoms with Crippen molar-refractivity contribution in [2.75, 3.05) is 0 Å². The van der Waals surface area contributed by atoms with Crippen molar-refractivity contribution in [2.24, 2.45) is 0 Å². The van der Waals surface area contributed by atoms with Gasteiger partial charge in [0.15, 0.2) is 0 Å². The normalized spacial score (nSPS) is 13.7. The van der Waals surface area contributed by atoms with Gasteiger partial charge in [0.1, 0.15) is 0 Å². The van der Waals surface area contributed by atoms with Gasteiger partial charge in [-0.25, -0.2) is 14.0 Å². The Morgan fingerprint density at radius 3 is 0.930 bits per heavy atom. The molecular formula is C34H65N9. The predicted molar refractivity (Wildman–Crippen MR) is 180 cm³/mol. The molecule has 0 amide bonds. The smallest absolute Gasteiger partial charge is 0.0918 e. The molecule has 0 saturated heterocycles. The molecule has 9 nitrogen and oxygen atoms in total. The van der Waals surface area contributed by atoms with Crippen LogP contribution >= 0.6 is 0 Å². The molecule has 246 valence electrons. The van der Waals surface area contributed by atoms with E-state index in [0.717, 1.165) is 17.1 Å². The largest absolute Gasteiger partial charge is 0.247 e. The highest BCUT2D eigenvalue weighted by molar-refractivity contribution is 5.26. The molecular weight excluding hydrogens is 534 g/mol. The van der Waals surface area contributed by atoms with Gasteiger partial charge in [-0.2, -0.15) is 0 Å². The first kappa shape index (κ1) is 38.4. The van der Waals surface area contributed by atoms with Crippen molar-refractivity contribution in [1.82, 2.24) is 45.0 Å². The Morgan fingerprint density at radius 1 is 0.395 bits per heavy atom. The first-order chi connectivity index (χ1) is 18.8. The van der Waals surface area contributed by atoms with Gasteiger partial charge in [0.25, 0.3) is 0 Å².